The van der Waals surface area contributed by atoms with Crippen LogP contribution in [0.5, 0.6) is 0 Å². The molecule has 1 N–H and O–H groups in total. The minimum absolute atomic E-state index is 0.107. The number of rotatable bonds is 6. The molecule has 2 aromatic carbocycles. The molecule has 3 heterocycles. The first-order chi connectivity index (χ1) is 16.1. The Morgan fingerprint density at radius 2 is 2.06 bits per heavy atom. The lowest BCUT2D eigenvalue weighted by molar-refractivity contribution is -0.117. The molecule has 5 rings (SSSR count). The zero-order valence-electron chi connectivity index (χ0n) is 18.6. The number of furan rings is 1. The Labute approximate surface area is 190 Å². The first-order valence-electron chi connectivity index (χ1n) is 11.3. The van der Waals surface area contributed by atoms with Gasteiger partial charge in [-0.15, -0.1) is 0 Å². The minimum Gasteiger partial charge on any atom is -0.464 e. The molecule has 2 aromatic heterocycles. The van der Waals surface area contributed by atoms with Gasteiger partial charge >= 0.3 is 5.76 Å². The Morgan fingerprint density at radius 1 is 1.15 bits per heavy atom. The number of ether oxygens (including phenoxy) is 1. The highest BCUT2D eigenvalue weighted by molar-refractivity contribution is 5.94. The summed E-state index contributed by atoms with van der Waals surface area (Å²) in [6.07, 6.45) is 2.56. The maximum Gasteiger partial charge on any atom is 0.419 e. The van der Waals surface area contributed by atoms with Gasteiger partial charge in [0, 0.05) is 36.8 Å². The van der Waals surface area contributed by atoms with E-state index in [2.05, 4.69) is 28.4 Å². The van der Waals surface area contributed by atoms with Crippen LogP contribution in [0.3, 0.4) is 0 Å². The fourth-order valence-electron chi connectivity index (χ4n) is 4.53. The molecule has 8 nitrogen and oxygen atoms in total. The van der Waals surface area contributed by atoms with Gasteiger partial charge in [0.1, 0.15) is 5.58 Å². The monoisotopic (exact) mass is 449 g/mol. The summed E-state index contributed by atoms with van der Waals surface area (Å²) in [7, 11) is 0. The second kappa shape index (κ2) is 9.25. The summed E-state index contributed by atoms with van der Waals surface area (Å²) in [5, 5.41) is 4.02. The first kappa shape index (κ1) is 21.5. The van der Waals surface area contributed by atoms with E-state index >= 15 is 0 Å². The molecule has 1 amide bonds. The van der Waals surface area contributed by atoms with Crippen LogP contribution in [-0.4, -0.2) is 48.2 Å². The molecule has 0 spiro atoms. The molecule has 1 saturated heterocycles. The van der Waals surface area contributed by atoms with E-state index in [0.29, 0.717) is 37.6 Å². The lowest BCUT2D eigenvalue weighted by atomic mass is 9.99. The van der Waals surface area contributed by atoms with Crippen LogP contribution >= 0.6 is 0 Å². The highest BCUT2D eigenvalue weighted by Crippen LogP contribution is 2.21. The standard InChI is InChI=1S/C25H27N3O5/c1-2-28-21-6-5-20(13-23(21)33-25(28)30)26-24(29)15-27-8-10-31-16-18(14-27)11-17-3-4-19-7-9-32-22(19)12-17/h3-7,9,12-13,18H,2,8,10-11,14-16H2,1H3,(H,26,29)/t18-/m0/s1. The van der Waals surface area contributed by atoms with Gasteiger partial charge in [-0.1, -0.05) is 12.1 Å². The van der Waals surface area contributed by atoms with Crippen molar-refractivity contribution in [3.8, 4) is 0 Å². The third-order valence-corrected chi connectivity index (χ3v) is 6.10. The summed E-state index contributed by atoms with van der Waals surface area (Å²) in [5.74, 6) is -0.214. The molecule has 0 radical (unpaired) electrons. The Hall–Kier alpha value is -3.36. The smallest absolute Gasteiger partial charge is 0.419 e. The predicted molar refractivity (Wildman–Crippen MR) is 125 cm³/mol. The number of amides is 1. The van der Waals surface area contributed by atoms with E-state index in [4.69, 9.17) is 13.6 Å². The fraction of sp³-hybridized carbons (Fsp3) is 0.360. The molecule has 1 fully saturated rings. The van der Waals surface area contributed by atoms with E-state index in [1.54, 1.807) is 29.0 Å². The van der Waals surface area contributed by atoms with E-state index in [0.717, 1.165) is 29.5 Å². The van der Waals surface area contributed by atoms with Gasteiger partial charge in [0.05, 0.1) is 31.5 Å². The maximum atomic E-state index is 12.7. The number of nitrogens with zero attached hydrogens (tertiary/aromatic N) is 2. The van der Waals surface area contributed by atoms with Crippen molar-refractivity contribution in [2.24, 2.45) is 5.92 Å². The Morgan fingerprint density at radius 3 is 2.94 bits per heavy atom. The van der Waals surface area contributed by atoms with Crippen molar-refractivity contribution < 1.29 is 18.4 Å². The maximum absolute atomic E-state index is 12.7. The van der Waals surface area contributed by atoms with Crippen LogP contribution in [0.2, 0.25) is 0 Å². The van der Waals surface area contributed by atoms with Crippen LogP contribution in [0.1, 0.15) is 12.5 Å². The number of anilines is 1. The molecular formula is C25H27N3O5. The van der Waals surface area contributed by atoms with E-state index in [-0.39, 0.29) is 18.4 Å². The third kappa shape index (κ3) is 4.72. The third-order valence-electron chi connectivity index (χ3n) is 6.10. The van der Waals surface area contributed by atoms with Crippen molar-refractivity contribution in [3.63, 3.8) is 0 Å². The van der Waals surface area contributed by atoms with Gasteiger partial charge in [0.15, 0.2) is 5.58 Å². The molecule has 0 bridgehead atoms. The molecule has 1 atom stereocenters. The molecule has 1 aliphatic heterocycles. The summed E-state index contributed by atoms with van der Waals surface area (Å²) in [6.45, 7) is 5.44. The van der Waals surface area contributed by atoms with Crippen molar-refractivity contribution in [3.05, 3.63) is 64.8 Å². The molecule has 4 aromatic rings. The number of aryl methyl sites for hydroxylation is 1. The number of aromatic nitrogens is 1. The fourth-order valence-corrected chi connectivity index (χ4v) is 4.53. The summed E-state index contributed by atoms with van der Waals surface area (Å²) in [4.78, 5) is 26.8. The average Bonchev–Trinajstić information content (AvgIpc) is 3.31. The van der Waals surface area contributed by atoms with Crippen LogP contribution in [0.15, 0.2) is 62.4 Å². The van der Waals surface area contributed by atoms with Crippen LogP contribution in [0.4, 0.5) is 5.69 Å². The number of hydrogen-bond acceptors (Lipinski definition) is 6. The molecule has 33 heavy (non-hydrogen) atoms. The number of carbonyl (C=O) groups excluding carboxylic acids is 1. The van der Waals surface area contributed by atoms with Crippen LogP contribution in [0, 0.1) is 5.92 Å². The number of carbonyl (C=O) groups is 1. The lowest BCUT2D eigenvalue weighted by Crippen LogP contribution is -2.37. The van der Waals surface area contributed by atoms with Crippen LogP contribution in [-0.2, 0) is 22.5 Å². The van der Waals surface area contributed by atoms with Gasteiger partial charge in [-0.3, -0.25) is 14.3 Å². The topological polar surface area (TPSA) is 89.9 Å². The normalized spacial score (nSPS) is 17.4. The number of hydrogen-bond donors (Lipinski definition) is 1. The van der Waals surface area contributed by atoms with Crippen LogP contribution < -0.4 is 11.1 Å². The highest BCUT2D eigenvalue weighted by atomic mass is 16.5. The zero-order valence-corrected chi connectivity index (χ0v) is 18.6. The van der Waals surface area contributed by atoms with Gasteiger partial charge in [-0.05, 0) is 49.1 Å². The molecule has 0 saturated carbocycles. The number of fused-ring (bicyclic) bond motifs is 2. The lowest BCUT2D eigenvalue weighted by Gasteiger charge is -2.23. The molecule has 0 aliphatic carbocycles. The van der Waals surface area contributed by atoms with Gasteiger partial charge in [-0.25, -0.2) is 4.79 Å². The van der Waals surface area contributed by atoms with Gasteiger partial charge in [-0.2, -0.15) is 0 Å². The average molecular weight is 450 g/mol. The van der Waals surface area contributed by atoms with Crippen molar-refractivity contribution >= 4 is 33.7 Å². The minimum atomic E-state index is -0.391. The van der Waals surface area contributed by atoms with Crippen molar-refractivity contribution in [1.82, 2.24) is 9.47 Å². The quantitative estimate of drug-likeness (QED) is 0.485. The Balaban J connectivity index is 1.22. The SMILES string of the molecule is CCn1c(=O)oc2cc(NC(=O)CN3CCOC[C@@H](Cc4ccc5ccoc5c4)C3)ccc21. The predicted octanol–water partition coefficient (Wildman–Crippen LogP) is 3.49. The Bertz CT molecular complexity index is 1330. The van der Waals surface area contributed by atoms with E-state index in [9.17, 15) is 9.59 Å². The van der Waals surface area contributed by atoms with Crippen molar-refractivity contribution in [1.29, 1.82) is 0 Å². The number of benzene rings is 2. The van der Waals surface area contributed by atoms with E-state index in [1.165, 1.54) is 5.56 Å². The molecule has 0 unspecified atom stereocenters. The van der Waals surface area contributed by atoms with Crippen LogP contribution in [0.25, 0.3) is 22.1 Å². The Kier molecular flexibility index (Phi) is 6.02. The first-order valence-corrected chi connectivity index (χ1v) is 11.3. The summed E-state index contributed by atoms with van der Waals surface area (Å²) in [5.41, 5.74) is 3.89. The summed E-state index contributed by atoms with van der Waals surface area (Å²) in [6, 6.07) is 13.5. The molecular weight excluding hydrogens is 422 g/mol. The second-order valence-electron chi connectivity index (χ2n) is 8.52. The largest absolute Gasteiger partial charge is 0.464 e. The van der Waals surface area contributed by atoms with E-state index in [1.807, 2.05) is 13.0 Å². The second-order valence-corrected chi connectivity index (χ2v) is 8.52. The van der Waals surface area contributed by atoms with Gasteiger partial charge in [0.25, 0.3) is 0 Å². The highest BCUT2D eigenvalue weighted by Gasteiger charge is 2.21. The molecule has 1 aliphatic rings. The molecule has 172 valence electrons. The van der Waals surface area contributed by atoms with E-state index < -0.39 is 5.76 Å². The summed E-state index contributed by atoms with van der Waals surface area (Å²) < 4.78 is 18.2. The van der Waals surface area contributed by atoms with Gasteiger partial charge < -0.3 is 18.9 Å². The van der Waals surface area contributed by atoms with Crippen molar-refractivity contribution in [2.45, 2.75) is 19.9 Å². The molecule has 8 heteroatoms. The zero-order chi connectivity index (χ0) is 22.8. The van der Waals surface area contributed by atoms with Crippen molar-refractivity contribution in [2.75, 3.05) is 38.2 Å². The summed E-state index contributed by atoms with van der Waals surface area (Å²) >= 11 is 0. The number of nitrogens with one attached hydrogen (secondary N) is 1. The van der Waals surface area contributed by atoms with Gasteiger partial charge in [0.2, 0.25) is 5.91 Å². The number of oxazole rings is 1.